The molecular formula is C17H28N4O. The number of hydrogen-bond donors (Lipinski definition) is 1. The van der Waals surface area contributed by atoms with Crippen molar-refractivity contribution >= 4 is 5.96 Å². The Balaban J connectivity index is 2.19. The minimum atomic E-state index is 0.301. The van der Waals surface area contributed by atoms with Crippen LogP contribution in [0.25, 0.3) is 0 Å². The van der Waals surface area contributed by atoms with Gasteiger partial charge in [0.15, 0.2) is 5.96 Å². The van der Waals surface area contributed by atoms with Gasteiger partial charge < -0.3 is 15.0 Å². The van der Waals surface area contributed by atoms with Gasteiger partial charge in [-0.15, -0.1) is 0 Å². The van der Waals surface area contributed by atoms with E-state index < -0.39 is 0 Å². The molecule has 1 unspecified atom stereocenters. The van der Waals surface area contributed by atoms with Crippen molar-refractivity contribution in [2.75, 3.05) is 47.9 Å². The van der Waals surface area contributed by atoms with Gasteiger partial charge in [0.25, 0.3) is 0 Å². The molecule has 1 aromatic rings. The highest BCUT2D eigenvalue weighted by Gasteiger charge is 2.26. The topological polar surface area (TPSA) is 40.1 Å². The Hall–Kier alpha value is -1.75. The highest BCUT2D eigenvalue weighted by molar-refractivity contribution is 5.79. The van der Waals surface area contributed by atoms with Crippen molar-refractivity contribution in [2.45, 2.75) is 18.9 Å². The van der Waals surface area contributed by atoms with E-state index in [2.05, 4.69) is 27.3 Å². The molecule has 22 heavy (non-hydrogen) atoms. The molecule has 0 aromatic heterocycles. The minimum Gasteiger partial charge on any atom is -0.496 e. The van der Waals surface area contributed by atoms with E-state index in [0.29, 0.717) is 6.04 Å². The van der Waals surface area contributed by atoms with Gasteiger partial charge in [-0.3, -0.25) is 9.89 Å². The summed E-state index contributed by atoms with van der Waals surface area (Å²) < 4.78 is 5.57. The molecule has 5 nitrogen and oxygen atoms in total. The first-order valence-electron chi connectivity index (χ1n) is 7.92. The molecule has 0 bridgehead atoms. The second-order valence-electron chi connectivity index (χ2n) is 5.82. The van der Waals surface area contributed by atoms with E-state index in [0.717, 1.165) is 31.3 Å². The summed E-state index contributed by atoms with van der Waals surface area (Å²) in [5.74, 6) is 1.86. The molecule has 1 fully saturated rings. The number of benzene rings is 1. The summed E-state index contributed by atoms with van der Waals surface area (Å²) >= 11 is 0. The third-order valence-electron chi connectivity index (χ3n) is 4.17. The van der Waals surface area contributed by atoms with Gasteiger partial charge in [-0.1, -0.05) is 18.2 Å². The van der Waals surface area contributed by atoms with Gasteiger partial charge in [0.1, 0.15) is 5.75 Å². The van der Waals surface area contributed by atoms with Crippen molar-refractivity contribution in [3.63, 3.8) is 0 Å². The summed E-state index contributed by atoms with van der Waals surface area (Å²) in [6.45, 7) is 3.11. The van der Waals surface area contributed by atoms with E-state index in [1.807, 2.05) is 38.2 Å². The van der Waals surface area contributed by atoms with Crippen LogP contribution < -0.4 is 10.1 Å². The lowest BCUT2D eigenvalue weighted by Gasteiger charge is -2.30. The van der Waals surface area contributed by atoms with E-state index >= 15 is 0 Å². The first-order valence-corrected chi connectivity index (χ1v) is 7.92. The molecule has 1 N–H and O–H groups in total. The number of nitrogens with zero attached hydrogens (tertiary/aromatic N) is 3. The summed E-state index contributed by atoms with van der Waals surface area (Å²) in [6.07, 6.45) is 2.54. The van der Waals surface area contributed by atoms with Gasteiger partial charge in [0.2, 0.25) is 0 Å². The fourth-order valence-electron chi connectivity index (χ4n) is 3.06. The van der Waals surface area contributed by atoms with E-state index in [-0.39, 0.29) is 0 Å². The van der Waals surface area contributed by atoms with Crippen molar-refractivity contribution in [1.82, 2.24) is 15.1 Å². The van der Waals surface area contributed by atoms with Crippen LogP contribution in [0, 0.1) is 0 Å². The monoisotopic (exact) mass is 304 g/mol. The van der Waals surface area contributed by atoms with Crippen LogP contribution in [0.15, 0.2) is 29.3 Å². The van der Waals surface area contributed by atoms with Crippen molar-refractivity contribution in [3.8, 4) is 5.75 Å². The smallest absolute Gasteiger partial charge is 0.193 e. The van der Waals surface area contributed by atoms with E-state index in [9.17, 15) is 0 Å². The van der Waals surface area contributed by atoms with Gasteiger partial charge in [0, 0.05) is 33.3 Å². The van der Waals surface area contributed by atoms with Gasteiger partial charge in [-0.05, 0) is 32.0 Å². The van der Waals surface area contributed by atoms with Crippen LogP contribution in [0.4, 0.5) is 0 Å². The molecule has 5 heteroatoms. The fourth-order valence-corrected chi connectivity index (χ4v) is 3.06. The maximum atomic E-state index is 5.57. The predicted octanol–water partition coefficient (Wildman–Crippen LogP) is 1.97. The normalized spacial score (nSPS) is 17.4. The first kappa shape index (κ1) is 16.6. The molecule has 1 saturated heterocycles. The van der Waals surface area contributed by atoms with E-state index in [4.69, 9.17) is 4.74 Å². The summed E-state index contributed by atoms with van der Waals surface area (Å²) in [5.41, 5.74) is 1.24. The number of hydrogen-bond acceptors (Lipinski definition) is 3. The maximum Gasteiger partial charge on any atom is 0.193 e. The molecule has 1 aliphatic rings. The second kappa shape index (κ2) is 8.03. The largest absolute Gasteiger partial charge is 0.496 e. The molecule has 0 amide bonds. The predicted molar refractivity (Wildman–Crippen MR) is 91.6 cm³/mol. The third kappa shape index (κ3) is 3.91. The standard InChI is InChI=1S/C17H28N4O/c1-18-17(20(2)3)19-13-15(21-11-7-8-12-21)14-9-5-6-10-16(14)22-4/h5-6,9-10,15H,7-8,11-13H2,1-4H3,(H,18,19). The van der Waals surface area contributed by atoms with E-state index in [1.54, 1.807) is 7.11 Å². The summed E-state index contributed by atoms with van der Waals surface area (Å²) in [7, 11) is 7.56. The number of methoxy groups -OCH3 is 1. The highest BCUT2D eigenvalue weighted by atomic mass is 16.5. The number of likely N-dealkylation sites (tertiary alicyclic amines) is 1. The Kier molecular flexibility index (Phi) is 6.07. The van der Waals surface area contributed by atoms with E-state index in [1.165, 1.54) is 18.4 Å². The van der Waals surface area contributed by atoms with Crippen LogP contribution in [0.1, 0.15) is 24.4 Å². The molecule has 0 radical (unpaired) electrons. The van der Waals surface area contributed by atoms with Crippen molar-refractivity contribution in [3.05, 3.63) is 29.8 Å². The lowest BCUT2D eigenvalue weighted by Crippen LogP contribution is -2.42. The zero-order valence-electron chi connectivity index (χ0n) is 14.2. The van der Waals surface area contributed by atoms with Gasteiger partial charge in [-0.25, -0.2) is 0 Å². The van der Waals surface area contributed by atoms with Gasteiger partial charge >= 0.3 is 0 Å². The number of ether oxygens (including phenoxy) is 1. The number of aliphatic imine (C=N–C) groups is 1. The summed E-state index contributed by atoms with van der Waals surface area (Å²) in [5, 5.41) is 3.47. The van der Waals surface area contributed by atoms with Crippen LogP contribution >= 0.6 is 0 Å². The molecule has 0 saturated carbocycles. The summed E-state index contributed by atoms with van der Waals surface area (Å²) in [6, 6.07) is 8.62. The molecule has 0 spiro atoms. The molecule has 2 rings (SSSR count). The number of para-hydroxylation sites is 1. The summed E-state index contributed by atoms with van der Waals surface area (Å²) in [4.78, 5) is 8.84. The second-order valence-corrected chi connectivity index (χ2v) is 5.82. The van der Waals surface area contributed by atoms with Gasteiger partial charge in [-0.2, -0.15) is 0 Å². The lowest BCUT2D eigenvalue weighted by atomic mass is 10.0. The average Bonchev–Trinajstić information content (AvgIpc) is 3.05. The van der Waals surface area contributed by atoms with Crippen molar-refractivity contribution < 1.29 is 4.74 Å². The Morgan fingerprint density at radius 3 is 2.59 bits per heavy atom. The third-order valence-corrected chi connectivity index (χ3v) is 4.17. The van der Waals surface area contributed by atoms with Crippen LogP contribution in [-0.2, 0) is 0 Å². The zero-order valence-corrected chi connectivity index (χ0v) is 14.2. The Morgan fingerprint density at radius 2 is 2.00 bits per heavy atom. The minimum absolute atomic E-state index is 0.301. The average molecular weight is 304 g/mol. The molecule has 1 aliphatic heterocycles. The Bertz CT molecular complexity index is 495. The number of guanidine groups is 1. The number of rotatable bonds is 5. The zero-order chi connectivity index (χ0) is 15.9. The Morgan fingerprint density at radius 1 is 1.32 bits per heavy atom. The molecule has 122 valence electrons. The van der Waals surface area contributed by atoms with Crippen LogP contribution in [0.3, 0.4) is 0 Å². The fraction of sp³-hybridized carbons (Fsp3) is 0.588. The van der Waals surface area contributed by atoms with Gasteiger partial charge in [0.05, 0.1) is 13.2 Å². The number of nitrogens with one attached hydrogen (secondary N) is 1. The molecule has 1 heterocycles. The van der Waals surface area contributed by atoms with Crippen LogP contribution in [0.2, 0.25) is 0 Å². The lowest BCUT2D eigenvalue weighted by molar-refractivity contribution is 0.238. The molecule has 0 aliphatic carbocycles. The van der Waals surface area contributed by atoms with Crippen molar-refractivity contribution in [1.29, 1.82) is 0 Å². The van der Waals surface area contributed by atoms with Crippen molar-refractivity contribution in [2.24, 2.45) is 4.99 Å². The molecular weight excluding hydrogens is 276 g/mol. The maximum absolute atomic E-state index is 5.57. The van der Waals surface area contributed by atoms with Crippen LogP contribution in [-0.4, -0.2) is 63.6 Å². The quantitative estimate of drug-likeness (QED) is 0.667. The molecule has 1 aromatic carbocycles. The Labute approximate surface area is 134 Å². The van der Waals surface area contributed by atoms with Crippen LogP contribution in [0.5, 0.6) is 5.75 Å². The first-order chi connectivity index (χ1) is 10.7. The molecule has 1 atom stereocenters. The highest BCUT2D eigenvalue weighted by Crippen LogP contribution is 2.31. The SMILES string of the molecule is CN=C(NCC(c1ccccc1OC)N1CCCC1)N(C)C.